The molecule has 3 aromatic rings. The fourth-order valence-corrected chi connectivity index (χ4v) is 2.69. The van der Waals surface area contributed by atoms with Gasteiger partial charge in [0, 0.05) is 23.5 Å². The maximum absolute atomic E-state index is 12.6. The van der Waals surface area contributed by atoms with Crippen molar-refractivity contribution in [2.45, 2.75) is 6.92 Å². The lowest BCUT2D eigenvalue weighted by Gasteiger charge is -2.12. The highest BCUT2D eigenvalue weighted by atomic mass is 16.5. The average molecular weight is 391 g/mol. The number of aromatic nitrogens is 1. The number of anilines is 2. The first-order chi connectivity index (χ1) is 14.0. The van der Waals surface area contributed by atoms with Crippen LogP contribution in [0, 0.1) is 6.92 Å². The van der Waals surface area contributed by atoms with Crippen LogP contribution in [0.25, 0.3) is 0 Å². The molecule has 0 aliphatic heterocycles. The van der Waals surface area contributed by atoms with E-state index in [0.717, 1.165) is 5.56 Å². The highest BCUT2D eigenvalue weighted by molar-refractivity contribution is 6.08. The Labute approximate surface area is 168 Å². The molecule has 2 aromatic carbocycles. The number of rotatable bonds is 6. The van der Waals surface area contributed by atoms with Crippen molar-refractivity contribution in [1.82, 2.24) is 4.98 Å². The molecule has 0 fully saturated rings. The lowest BCUT2D eigenvalue weighted by Crippen LogP contribution is -2.17. The van der Waals surface area contributed by atoms with Crippen molar-refractivity contribution in [3.05, 3.63) is 77.6 Å². The van der Waals surface area contributed by atoms with Gasteiger partial charge in [0.15, 0.2) is 0 Å². The van der Waals surface area contributed by atoms with E-state index in [2.05, 4.69) is 15.6 Å². The lowest BCUT2D eigenvalue weighted by atomic mass is 10.1. The number of para-hydroxylation sites is 1. The zero-order valence-electron chi connectivity index (χ0n) is 16.4. The van der Waals surface area contributed by atoms with E-state index in [9.17, 15) is 9.59 Å². The second-order valence-corrected chi connectivity index (χ2v) is 6.22. The fourth-order valence-electron chi connectivity index (χ4n) is 2.69. The fraction of sp³-hybridized carbons (Fsp3) is 0.136. The molecule has 7 nitrogen and oxygen atoms in total. The van der Waals surface area contributed by atoms with Gasteiger partial charge in [-0.25, -0.2) is 0 Å². The molecule has 0 saturated carbocycles. The van der Waals surface area contributed by atoms with E-state index in [1.807, 2.05) is 31.2 Å². The van der Waals surface area contributed by atoms with Crippen LogP contribution >= 0.6 is 0 Å². The van der Waals surface area contributed by atoms with Crippen LogP contribution in [-0.2, 0) is 0 Å². The Balaban J connectivity index is 1.78. The zero-order chi connectivity index (χ0) is 20.8. The van der Waals surface area contributed by atoms with E-state index >= 15 is 0 Å². The summed E-state index contributed by atoms with van der Waals surface area (Å²) in [6.45, 7) is 1.91. The molecule has 0 unspecified atom stereocenters. The van der Waals surface area contributed by atoms with Crippen LogP contribution in [0.1, 0.15) is 26.4 Å². The van der Waals surface area contributed by atoms with Gasteiger partial charge >= 0.3 is 0 Å². The first kappa shape index (κ1) is 19.9. The number of carbonyl (C=O) groups is 2. The van der Waals surface area contributed by atoms with E-state index in [1.54, 1.807) is 31.4 Å². The van der Waals surface area contributed by atoms with Gasteiger partial charge in [0.1, 0.15) is 17.2 Å². The van der Waals surface area contributed by atoms with Crippen LogP contribution in [0.3, 0.4) is 0 Å². The lowest BCUT2D eigenvalue weighted by molar-refractivity contribution is 0.102. The summed E-state index contributed by atoms with van der Waals surface area (Å²) < 4.78 is 10.4. The molecule has 148 valence electrons. The van der Waals surface area contributed by atoms with Gasteiger partial charge in [-0.1, -0.05) is 18.2 Å². The Morgan fingerprint density at radius 3 is 2.34 bits per heavy atom. The molecule has 0 atom stereocenters. The number of carbonyl (C=O) groups excluding carboxylic acids is 2. The maximum Gasteiger partial charge on any atom is 0.274 e. The van der Waals surface area contributed by atoms with Crippen LogP contribution in [0.2, 0.25) is 0 Å². The molecule has 1 aromatic heterocycles. The third-order valence-electron chi connectivity index (χ3n) is 4.30. The van der Waals surface area contributed by atoms with Crippen molar-refractivity contribution < 1.29 is 19.1 Å². The van der Waals surface area contributed by atoms with Crippen molar-refractivity contribution in [1.29, 1.82) is 0 Å². The van der Waals surface area contributed by atoms with Crippen molar-refractivity contribution in [2.24, 2.45) is 0 Å². The summed E-state index contributed by atoms with van der Waals surface area (Å²) in [5.41, 5.74) is 2.56. The first-order valence-corrected chi connectivity index (χ1v) is 8.88. The molecule has 1 heterocycles. The molecule has 3 rings (SSSR count). The SMILES string of the molecule is COc1ccc(NC(=O)c2cc(C(=O)Nc3ccccc3C)ccn2)c(OC)c1. The second kappa shape index (κ2) is 8.88. The molecule has 0 aliphatic carbocycles. The highest BCUT2D eigenvalue weighted by Gasteiger charge is 2.15. The van der Waals surface area contributed by atoms with Gasteiger partial charge in [0.2, 0.25) is 0 Å². The molecular formula is C22H21N3O4. The number of methoxy groups -OCH3 is 2. The van der Waals surface area contributed by atoms with Crippen LogP contribution in [0.5, 0.6) is 11.5 Å². The van der Waals surface area contributed by atoms with E-state index in [4.69, 9.17) is 9.47 Å². The largest absolute Gasteiger partial charge is 0.497 e. The molecular weight excluding hydrogens is 370 g/mol. The third kappa shape index (κ3) is 4.70. The summed E-state index contributed by atoms with van der Waals surface area (Å²) >= 11 is 0. The number of aryl methyl sites for hydroxylation is 1. The van der Waals surface area contributed by atoms with Gasteiger partial charge in [-0.05, 0) is 42.8 Å². The van der Waals surface area contributed by atoms with Gasteiger partial charge in [-0.2, -0.15) is 0 Å². The van der Waals surface area contributed by atoms with Crippen LogP contribution in [-0.4, -0.2) is 31.0 Å². The minimum Gasteiger partial charge on any atom is -0.497 e. The normalized spacial score (nSPS) is 10.2. The molecule has 0 bridgehead atoms. The van der Waals surface area contributed by atoms with E-state index in [1.165, 1.54) is 19.4 Å². The Bertz CT molecular complexity index is 1050. The number of hydrogen-bond acceptors (Lipinski definition) is 5. The first-order valence-electron chi connectivity index (χ1n) is 8.88. The van der Waals surface area contributed by atoms with Crippen molar-refractivity contribution >= 4 is 23.2 Å². The van der Waals surface area contributed by atoms with Crippen LogP contribution in [0.4, 0.5) is 11.4 Å². The third-order valence-corrected chi connectivity index (χ3v) is 4.30. The van der Waals surface area contributed by atoms with Gasteiger partial charge in [-0.3, -0.25) is 14.6 Å². The highest BCUT2D eigenvalue weighted by Crippen LogP contribution is 2.29. The standard InChI is InChI=1S/C22H21N3O4/c1-14-6-4-5-7-17(14)24-21(26)15-10-11-23-19(12-15)22(27)25-18-9-8-16(28-2)13-20(18)29-3/h4-13H,1-3H3,(H,24,26)(H,25,27). The van der Waals surface area contributed by atoms with Gasteiger partial charge < -0.3 is 20.1 Å². The monoisotopic (exact) mass is 391 g/mol. The molecule has 0 radical (unpaired) electrons. The van der Waals surface area contributed by atoms with Crippen LogP contribution < -0.4 is 20.1 Å². The number of pyridine rings is 1. The number of ether oxygens (including phenoxy) is 2. The molecule has 0 aliphatic rings. The van der Waals surface area contributed by atoms with Gasteiger partial charge in [0.05, 0.1) is 19.9 Å². The summed E-state index contributed by atoms with van der Waals surface area (Å²) in [5.74, 6) is 0.274. The van der Waals surface area contributed by atoms with E-state index in [-0.39, 0.29) is 11.6 Å². The Morgan fingerprint density at radius 2 is 1.62 bits per heavy atom. The molecule has 0 spiro atoms. The summed E-state index contributed by atoms with van der Waals surface area (Å²) in [6.07, 6.45) is 1.42. The van der Waals surface area contributed by atoms with Crippen molar-refractivity contribution in [3.63, 3.8) is 0 Å². The summed E-state index contributed by atoms with van der Waals surface area (Å²) in [6, 6.07) is 15.5. The predicted molar refractivity (Wildman–Crippen MR) is 111 cm³/mol. The summed E-state index contributed by atoms with van der Waals surface area (Å²) in [5, 5.41) is 5.58. The Kier molecular flexibility index (Phi) is 6.09. The van der Waals surface area contributed by atoms with Gasteiger partial charge in [0.25, 0.3) is 11.8 Å². The minimum absolute atomic E-state index is 0.111. The average Bonchev–Trinajstić information content (AvgIpc) is 2.75. The van der Waals surface area contributed by atoms with E-state index < -0.39 is 5.91 Å². The topological polar surface area (TPSA) is 89.5 Å². The van der Waals surface area contributed by atoms with Crippen LogP contribution in [0.15, 0.2) is 60.8 Å². The summed E-state index contributed by atoms with van der Waals surface area (Å²) in [7, 11) is 3.05. The molecule has 29 heavy (non-hydrogen) atoms. The molecule has 2 amide bonds. The molecule has 7 heteroatoms. The summed E-state index contributed by atoms with van der Waals surface area (Å²) in [4.78, 5) is 29.3. The number of amides is 2. The van der Waals surface area contributed by atoms with Gasteiger partial charge in [-0.15, -0.1) is 0 Å². The maximum atomic E-state index is 12.6. The predicted octanol–water partition coefficient (Wildman–Crippen LogP) is 3.91. The number of benzene rings is 2. The quantitative estimate of drug-likeness (QED) is 0.665. The Morgan fingerprint density at radius 1 is 0.862 bits per heavy atom. The Hall–Kier alpha value is -3.87. The van der Waals surface area contributed by atoms with Crippen molar-refractivity contribution in [3.8, 4) is 11.5 Å². The smallest absolute Gasteiger partial charge is 0.274 e. The number of hydrogen-bond donors (Lipinski definition) is 2. The molecule has 2 N–H and O–H groups in total. The van der Waals surface area contributed by atoms with Crippen molar-refractivity contribution in [2.75, 3.05) is 24.9 Å². The van der Waals surface area contributed by atoms with E-state index in [0.29, 0.717) is 28.4 Å². The number of nitrogens with zero attached hydrogens (tertiary/aromatic N) is 1. The minimum atomic E-state index is -0.459. The number of nitrogens with one attached hydrogen (secondary N) is 2. The second-order valence-electron chi connectivity index (χ2n) is 6.22. The zero-order valence-corrected chi connectivity index (χ0v) is 16.4. The molecule has 0 saturated heterocycles.